The summed E-state index contributed by atoms with van der Waals surface area (Å²) in [5.74, 6) is 0.568. The highest BCUT2D eigenvalue weighted by Gasteiger charge is 2.18. The largest absolute Gasteiger partial charge is 0.494 e. The Morgan fingerprint density at radius 1 is 0.978 bits per heavy atom. The summed E-state index contributed by atoms with van der Waals surface area (Å²) in [6, 6.07) is 21.9. The van der Waals surface area contributed by atoms with Crippen molar-refractivity contribution in [1.29, 1.82) is 0 Å². The van der Waals surface area contributed by atoms with E-state index in [-0.39, 0.29) is 12.6 Å². The Kier molecular flexibility index (Phi) is 12.9. The monoisotopic (exact) mass is 669 g/mol. The number of nitrogens with one attached hydrogen (secondary N) is 1. The standard InChI is InChI=1S/C32H33Cl2N5O5S/c1-2-3-17-43-31(40)38-29(35)37-30-36-28(21-45-30)23-10-13-25(14-11-23)42-18-7-16-39(24-12-15-26(33)27(34)19-24)32(41)44-20-22-8-5-4-6-9-22/h4-6,8-15,19,21H,2-3,7,16-18,20H2,1H3,(H3,35,36,37,38,40). The van der Waals surface area contributed by atoms with Crippen LogP contribution in [-0.4, -0.2) is 42.9 Å². The van der Waals surface area contributed by atoms with Gasteiger partial charge in [-0.05, 0) is 60.9 Å². The number of nitrogens with zero attached hydrogens (tertiary/aromatic N) is 3. The summed E-state index contributed by atoms with van der Waals surface area (Å²) in [7, 11) is 0. The zero-order valence-corrected chi connectivity index (χ0v) is 26.9. The predicted octanol–water partition coefficient (Wildman–Crippen LogP) is 8.20. The molecule has 1 heterocycles. The summed E-state index contributed by atoms with van der Waals surface area (Å²) in [5, 5.41) is 5.36. The Bertz CT molecular complexity index is 1580. The van der Waals surface area contributed by atoms with Gasteiger partial charge in [0, 0.05) is 23.2 Å². The molecule has 1 aromatic heterocycles. The summed E-state index contributed by atoms with van der Waals surface area (Å²) >= 11 is 13.6. The van der Waals surface area contributed by atoms with E-state index in [0.717, 1.165) is 24.0 Å². The molecule has 0 bridgehead atoms. The van der Waals surface area contributed by atoms with Gasteiger partial charge in [-0.2, -0.15) is 4.99 Å². The molecule has 3 aromatic carbocycles. The van der Waals surface area contributed by atoms with Crippen molar-refractivity contribution in [3.8, 4) is 17.0 Å². The quantitative estimate of drug-likeness (QED) is 0.0834. The van der Waals surface area contributed by atoms with Gasteiger partial charge < -0.3 is 19.9 Å². The van der Waals surface area contributed by atoms with Gasteiger partial charge in [0.15, 0.2) is 0 Å². The van der Waals surface area contributed by atoms with Gasteiger partial charge in [0.2, 0.25) is 11.1 Å². The van der Waals surface area contributed by atoms with Gasteiger partial charge in [-0.15, -0.1) is 11.3 Å². The number of unbranched alkanes of at least 4 members (excludes halogenated alkanes) is 1. The molecule has 4 rings (SSSR count). The van der Waals surface area contributed by atoms with Crippen LogP contribution in [0.1, 0.15) is 31.7 Å². The van der Waals surface area contributed by atoms with Crippen LogP contribution in [0.25, 0.3) is 11.3 Å². The van der Waals surface area contributed by atoms with Crippen molar-refractivity contribution in [1.82, 2.24) is 10.3 Å². The summed E-state index contributed by atoms with van der Waals surface area (Å²) in [5.41, 5.74) is 8.82. The van der Waals surface area contributed by atoms with Crippen LogP contribution < -0.4 is 20.7 Å². The minimum absolute atomic E-state index is 0.0941. The second-order valence-corrected chi connectivity index (χ2v) is 11.3. The number of anilines is 1. The fourth-order valence-corrected chi connectivity index (χ4v) is 4.94. The first-order valence-electron chi connectivity index (χ1n) is 14.2. The Hall–Kier alpha value is -4.32. The number of ether oxygens (including phenoxy) is 3. The number of hydrogen-bond acceptors (Lipinski definition) is 8. The van der Waals surface area contributed by atoms with Crippen LogP contribution in [0.4, 0.5) is 20.4 Å². The van der Waals surface area contributed by atoms with Gasteiger partial charge in [0.1, 0.15) is 12.4 Å². The lowest BCUT2D eigenvalue weighted by Crippen LogP contribution is -2.37. The fraction of sp³-hybridized carbons (Fsp3) is 0.250. The van der Waals surface area contributed by atoms with Crippen LogP contribution >= 0.6 is 34.5 Å². The molecule has 13 heteroatoms. The molecular weight excluding hydrogens is 637 g/mol. The summed E-state index contributed by atoms with van der Waals surface area (Å²) in [4.78, 5) is 34.9. The van der Waals surface area contributed by atoms with E-state index in [1.54, 1.807) is 18.2 Å². The molecule has 0 aliphatic rings. The summed E-state index contributed by atoms with van der Waals surface area (Å²) < 4.78 is 16.5. The Morgan fingerprint density at radius 2 is 1.76 bits per heavy atom. The molecule has 0 atom stereocenters. The van der Waals surface area contributed by atoms with E-state index in [0.29, 0.717) is 58.5 Å². The van der Waals surface area contributed by atoms with E-state index in [1.165, 1.54) is 16.2 Å². The number of benzene rings is 3. The first-order valence-corrected chi connectivity index (χ1v) is 15.9. The highest BCUT2D eigenvalue weighted by molar-refractivity contribution is 7.13. The molecular formula is C32H33Cl2N5O5S. The molecule has 0 fully saturated rings. The van der Waals surface area contributed by atoms with Crippen LogP contribution in [0.2, 0.25) is 10.0 Å². The number of guanidine groups is 1. The third-order valence-electron chi connectivity index (χ3n) is 6.25. The first-order chi connectivity index (χ1) is 21.8. The maximum atomic E-state index is 13.0. The number of alkyl carbamates (subject to hydrolysis) is 1. The number of rotatable bonds is 13. The molecule has 0 aliphatic heterocycles. The number of hydrogen-bond donors (Lipinski definition) is 2. The second kappa shape index (κ2) is 17.2. The van der Waals surface area contributed by atoms with E-state index in [9.17, 15) is 9.59 Å². The van der Waals surface area contributed by atoms with Crippen LogP contribution in [0, 0.1) is 0 Å². The average Bonchev–Trinajstić information content (AvgIpc) is 3.50. The number of amides is 2. The van der Waals surface area contributed by atoms with E-state index in [2.05, 4.69) is 15.3 Å². The normalized spacial score (nSPS) is 11.1. The molecule has 0 unspecified atom stereocenters. The minimum Gasteiger partial charge on any atom is -0.494 e. The highest BCUT2D eigenvalue weighted by atomic mass is 35.5. The van der Waals surface area contributed by atoms with E-state index in [4.69, 9.17) is 43.1 Å². The Morgan fingerprint density at radius 3 is 2.49 bits per heavy atom. The molecule has 0 radical (unpaired) electrons. The highest BCUT2D eigenvalue weighted by Crippen LogP contribution is 2.29. The van der Waals surface area contributed by atoms with Crippen molar-refractivity contribution < 1.29 is 23.8 Å². The maximum Gasteiger partial charge on any atom is 0.414 e. The van der Waals surface area contributed by atoms with Gasteiger partial charge in [-0.1, -0.05) is 66.9 Å². The molecule has 0 aliphatic carbocycles. The van der Waals surface area contributed by atoms with Crippen molar-refractivity contribution in [3.63, 3.8) is 0 Å². The van der Waals surface area contributed by atoms with E-state index < -0.39 is 12.2 Å². The number of aromatic nitrogens is 1. The van der Waals surface area contributed by atoms with Crippen LogP contribution in [0.15, 0.2) is 83.2 Å². The molecule has 2 amide bonds. The molecule has 236 valence electrons. The zero-order valence-electron chi connectivity index (χ0n) is 24.6. The predicted molar refractivity (Wildman–Crippen MR) is 179 cm³/mol. The zero-order chi connectivity index (χ0) is 32.0. The van der Waals surface area contributed by atoms with Gasteiger partial charge >= 0.3 is 12.2 Å². The molecule has 0 saturated carbocycles. The summed E-state index contributed by atoms with van der Waals surface area (Å²) in [6.45, 7) is 3.15. The third-order valence-corrected chi connectivity index (χ3v) is 7.73. The molecule has 10 nitrogen and oxygen atoms in total. The third kappa shape index (κ3) is 10.7. The number of thiazole rings is 1. The van der Waals surface area contributed by atoms with Crippen molar-refractivity contribution in [3.05, 3.63) is 93.8 Å². The Balaban J connectivity index is 1.29. The number of carbonyl (C=O) groups is 2. The topological polar surface area (TPSA) is 128 Å². The lowest BCUT2D eigenvalue weighted by Gasteiger charge is -2.23. The van der Waals surface area contributed by atoms with Gasteiger partial charge in [-0.25, -0.2) is 14.6 Å². The molecule has 4 aromatic rings. The van der Waals surface area contributed by atoms with E-state index >= 15 is 0 Å². The number of nitrogens with two attached hydrogens (primary N) is 1. The number of aliphatic imine (C=N–C) groups is 1. The minimum atomic E-state index is -0.651. The average molecular weight is 671 g/mol. The lowest BCUT2D eigenvalue weighted by molar-refractivity contribution is 0.146. The molecule has 45 heavy (non-hydrogen) atoms. The smallest absolute Gasteiger partial charge is 0.414 e. The molecule has 3 N–H and O–H groups in total. The van der Waals surface area contributed by atoms with Crippen LogP contribution in [0.5, 0.6) is 5.75 Å². The Labute approximate surface area is 275 Å². The second-order valence-electron chi connectivity index (χ2n) is 9.64. The summed E-state index contributed by atoms with van der Waals surface area (Å²) in [6.07, 6.45) is 1.06. The van der Waals surface area contributed by atoms with Crippen molar-refractivity contribution in [2.24, 2.45) is 10.7 Å². The van der Waals surface area contributed by atoms with Crippen molar-refractivity contribution in [2.45, 2.75) is 32.8 Å². The number of carbonyl (C=O) groups excluding carboxylic acids is 2. The molecule has 0 saturated heterocycles. The van der Waals surface area contributed by atoms with Gasteiger partial charge in [0.25, 0.3) is 0 Å². The van der Waals surface area contributed by atoms with Crippen molar-refractivity contribution in [2.75, 3.05) is 24.7 Å². The van der Waals surface area contributed by atoms with Crippen LogP contribution in [0.3, 0.4) is 0 Å². The molecule has 0 spiro atoms. The maximum absolute atomic E-state index is 13.0. The van der Waals surface area contributed by atoms with Gasteiger partial charge in [-0.3, -0.25) is 10.2 Å². The first kappa shape index (κ1) is 33.6. The SMILES string of the molecule is CCCCOC(=O)NC(N)=Nc1nc(-c2ccc(OCCCN(C(=O)OCc3ccccc3)c3ccc(Cl)c(Cl)c3)cc2)cs1. The van der Waals surface area contributed by atoms with Crippen LogP contribution in [-0.2, 0) is 16.1 Å². The lowest BCUT2D eigenvalue weighted by atomic mass is 10.2. The van der Waals surface area contributed by atoms with Crippen molar-refractivity contribution >= 4 is 63.5 Å². The van der Waals surface area contributed by atoms with E-state index in [1.807, 2.05) is 66.9 Å². The fourth-order valence-electron chi connectivity index (χ4n) is 3.94. The number of halogens is 2. The van der Waals surface area contributed by atoms with Gasteiger partial charge in [0.05, 0.1) is 29.0 Å².